The lowest BCUT2D eigenvalue weighted by Gasteiger charge is -2.33. The van der Waals surface area contributed by atoms with E-state index >= 15 is 0 Å². The number of primary amides is 1. The molecule has 1 aliphatic carbocycles. The molecule has 3 atom stereocenters. The van der Waals surface area contributed by atoms with E-state index in [4.69, 9.17) is 10.5 Å². The summed E-state index contributed by atoms with van der Waals surface area (Å²) in [7, 11) is 1.35. The SMILES string of the molecule is COc1ccc(CC(=O)N[C@@H]2C[C@@H](C(=O)NCC(N)=O)CC[C@H]2O)cc1F. The smallest absolute Gasteiger partial charge is 0.236 e. The van der Waals surface area contributed by atoms with Crippen LogP contribution in [0.4, 0.5) is 4.39 Å². The number of hydrogen-bond donors (Lipinski definition) is 4. The van der Waals surface area contributed by atoms with Gasteiger partial charge in [0.25, 0.3) is 0 Å². The van der Waals surface area contributed by atoms with Crippen molar-refractivity contribution in [1.82, 2.24) is 10.6 Å². The predicted octanol–water partition coefficient (Wildman–Crippen LogP) is -0.376. The van der Waals surface area contributed by atoms with E-state index in [1.807, 2.05) is 0 Å². The third-order valence-corrected chi connectivity index (χ3v) is 4.55. The molecular weight excluding hydrogens is 357 g/mol. The molecule has 27 heavy (non-hydrogen) atoms. The Balaban J connectivity index is 1.92. The highest BCUT2D eigenvalue weighted by molar-refractivity contribution is 5.85. The monoisotopic (exact) mass is 381 g/mol. The van der Waals surface area contributed by atoms with Crippen LogP contribution in [0.3, 0.4) is 0 Å². The van der Waals surface area contributed by atoms with Crippen LogP contribution in [0.15, 0.2) is 18.2 Å². The molecule has 3 amide bonds. The lowest BCUT2D eigenvalue weighted by atomic mass is 9.83. The molecule has 0 spiro atoms. The molecule has 0 aromatic heterocycles. The van der Waals surface area contributed by atoms with Crippen LogP contribution >= 0.6 is 0 Å². The minimum atomic E-state index is -0.776. The van der Waals surface area contributed by atoms with E-state index in [0.29, 0.717) is 18.4 Å². The number of hydrogen-bond acceptors (Lipinski definition) is 5. The van der Waals surface area contributed by atoms with Crippen LogP contribution in [0.5, 0.6) is 5.75 Å². The normalized spacial score (nSPS) is 22.0. The van der Waals surface area contributed by atoms with Gasteiger partial charge in [0.2, 0.25) is 17.7 Å². The van der Waals surface area contributed by atoms with Gasteiger partial charge in [-0.25, -0.2) is 4.39 Å². The van der Waals surface area contributed by atoms with Gasteiger partial charge in [0.15, 0.2) is 11.6 Å². The van der Waals surface area contributed by atoms with Crippen molar-refractivity contribution in [3.63, 3.8) is 0 Å². The summed E-state index contributed by atoms with van der Waals surface area (Å²) in [6, 6.07) is 3.64. The Morgan fingerprint density at radius 2 is 2.07 bits per heavy atom. The quantitative estimate of drug-likeness (QED) is 0.512. The van der Waals surface area contributed by atoms with Crippen LogP contribution in [0.1, 0.15) is 24.8 Å². The number of halogens is 1. The molecule has 0 unspecified atom stereocenters. The number of benzene rings is 1. The molecule has 1 aromatic carbocycles. The molecule has 1 fully saturated rings. The average molecular weight is 381 g/mol. The van der Waals surface area contributed by atoms with E-state index in [1.165, 1.54) is 19.2 Å². The minimum absolute atomic E-state index is 0.0668. The largest absolute Gasteiger partial charge is 0.494 e. The molecule has 1 saturated carbocycles. The summed E-state index contributed by atoms with van der Waals surface area (Å²) in [5.41, 5.74) is 5.47. The van der Waals surface area contributed by atoms with Crippen LogP contribution in [0, 0.1) is 11.7 Å². The first-order chi connectivity index (χ1) is 12.8. The van der Waals surface area contributed by atoms with Crippen LogP contribution in [0.2, 0.25) is 0 Å². The maximum absolute atomic E-state index is 13.7. The highest BCUT2D eigenvalue weighted by Gasteiger charge is 2.33. The summed E-state index contributed by atoms with van der Waals surface area (Å²) in [5.74, 6) is -2.27. The van der Waals surface area contributed by atoms with E-state index in [9.17, 15) is 23.9 Å². The van der Waals surface area contributed by atoms with Gasteiger partial charge in [-0.2, -0.15) is 0 Å². The minimum Gasteiger partial charge on any atom is -0.494 e. The van der Waals surface area contributed by atoms with E-state index in [2.05, 4.69) is 10.6 Å². The molecule has 0 radical (unpaired) electrons. The molecule has 0 bridgehead atoms. The Bertz CT molecular complexity index is 712. The van der Waals surface area contributed by atoms with Crippen molar-refractivity contribution in [2.45, 2.75) is 37.8 Å². The lowest BCUT2D eigenvalue weighted by molar-refractivity contribution is -0.130. The van der Waals surface area contributed by atoms with Gasteiger partial charge in [-0.05, 0) is 37.0 Å². The van der Waals surface area contributed by atoms with Crippen LogP contribution in [0.25, 0.3) is 0 Å². The molecule has 9 heteroatoms. The first kappa shape index (κ1) is 20.6. The Hall–Kier alpha value is -2.68. The third kappa shape index (κ3) is 5.92. The second-order valence-electron chi connectivity index (χ2n) is 6.58. The molecule has 0 saturated heterocycles. The molecule has 5 N–H and O–H groups in total. The van der Waals surface area contributed by atoms with E-state index in [0.717, 1.165) is 0 Å². The van der Waals surface area contributed by atoms with E-state index in [-0.39, 0.29) is 37.0 Å². The number of nitrogens with one attached hydrogen (secondary N) is 2. The molecule has 148 valence electrons. The number of carbonyl (C=O) groups excluding carboxylic acids is 3. The number of methoxy groups -OCH3 is 1. The number of ether oxygens (including phenoxy) is 1. The zero-order chi connectivity index (χ0) is 20.0. The van der Waals surface area contributed by atoms with Crippen molar-refractivity contribution in [2.75, 3.05) is 13.7 Å². The van der Waals surface area contributed by atoms with Crippen molar-refractivity contribution in [3.8, 4) is 5.75 Å². The summed E-state index contributed by atoms with van der Waals surface area (Å²) in [6.07, 6.45) is 0.192. The molecule has 0 heterocycles. The van der Waals surface area contributed by atoms with Crippen molar-refractivity contribution < 1.29 is 28.6 Å². The van der Waals surface area contributed by atoms with E-state index < -0.39 is 29.8 Å². The van der Waals surface area contributed by atoms with Crippen molar-refractivity contribution in [3.05, 3.63) is 29.6 Å². The number of rotatable bonds is 7. The van der Waals surface area contributed by atoms with Gasteiger partial charge in [0.05, 0.1) is 32.2 Å². The fourth-order valence-electron chi connectivity index (χ4n) is 3.13. The molecule has 8 nitrogen and oxygen atoms in total. The van der Waals surface area contributed by atoms with Crippen LogP contribution in [-0.2, 0) is 20.8 Å². The van der Waals surface area contributed by atoms with Crippen LogP contribution in [-0.4, -0.2) is 48.6 Å². The molecule has 1 aliphatic rings. The predicted molar refractivity (Wildman–Crippen MR) is 94.1 cm³/mol. The van der Waals surface area contributed by atoms with Crippen LogP contribution < -0.4 is 21.1 Å². The fourth-order valence-corrected chi connectivity index (χ4v) is 3.13. The zero-order valence-corrected chi connectivity index (χ0v) is 15.0. The van der Waals surface area contributed by atoms with Gasteiger partial charge >= 0.3 is 0 Å². The first-order valence-corrected chi connectivity index (χ1v) is 8.66. The number of aliphatic hydroxyl groups is 1. The molecule has 1 aromatic rings. The molecule has 0 aliphatic heterocycles. The summed E-state index contributed by atoms with van der Waals surface area (Å²) in [6.45, 7) is -0.252. The standard InChI is InChI=1S/C18H24FN3O5/c1-27-15-5-2-10(6-12(15)19)7-17(25)22-13-8-11(3-4-14(13)23)18(26)21-9-16(20)24/h2,5-6,11,13-14,23H,3-4,7-9H2,1H3,(H2,20,24)(H,21,26)(H,22,25)/t11-,13+,14+/m0/s1. The van der Waals surface area contributed by atoms with E-state index in [1.54, 1.807) is 6.07 Å². The number of nitrogens with two attached hydrogens (primary N) is 1. The first-order valence-electron chi connectivity index (χ1n) is 8.66. The van der Waals surface area contributed by atoms with Crippen molar-refractivity contribution in [2.24, 2.45) is 11.7 Å². The zero-order valence-electron chi connectivity index (χ0n) is 15.0. The Morgan fingerprint density at radius 1 is 1.33 bits per heavy atom. The third-order valence-electron chi connectivity index (χ3n) is 4.55. The maximum atomic E-state index is 13.7. The Kier molecular flexibility index (Phi) is 7.12. The second kappa shape index (κ2) is 9.31. The van der Waals surface area contributed by atoms with Crippen molar-refractivity contribution >= 4 is 17.7 Å². The van der Waals surface area contributed by atoms with Crippen molar-refractivity contribution in [1.29, 1.82) is 0 Å². The highest BCUT2D eigenvalue weighted by atomic mass is 19.1. The Labute approximate surface area is 156 Å². The summed E-state index contributed by atoms with van der Waals surface area (Å²) < 4.78 is 18.6. The topological polar surface area (TPSA) is 131 Å². The number of aliphatic hydroxyl groups excluding tert-OH is 1. The maximum Gasteiger partial charge on any atom is 0.236 e. The number of amides is 3. The van der Waals surface area contributed by atoms with Gasteiger partial charge < -0.3 is 26.2 Å². The summed E-state index contributed by atoms with van der Waals surface area (Å²) in [4.78, 5) is 35.1. The summed E-state index contributed by atoms with van der Waals surface area (Å²) >= 11 is 0. The lowest BCUT2D eigenvalue weighted by Crippen LogP contribution is -2.50. The van der Waals surface area contributed by atoms with Gasteiger partial charge in [0, 0.05) is 5.92 Å². The van der Waals surface area contributed by atoms with Gasteiger partial charge in [-0.3, -0.25) is 14.4 Å². The average Bonchev–Trinajstić information content (AvgIpc) is 2.61. The molecule has 2 rings (SSSR count). The van der Waals surface area contributed by atoms with Gasteiger partial charge in [0.1, 0.15) is 0 Å². The fraction of sp³-hybridized carbons (Fsp3) is 0.500. The van der Waals surface area contributed by atoms with Gasteiger partial charge in [-0.1, -0.05) is 6.07 Å². The molecular formula is C18H24FN3O5. The highest BCUT2D eigenvalue weighted by Crippen LogP contribution is 2.25. The number of carbonyl (C=O) groups is 3. The summed E-state index contributed by atoms with van der Waals surface area (Å²) in [5, 5.41) is 15.3. The van der Waals surface area contributed by atoms with Gasteiger partial charge in [-0.15, -0.1) is 0 Å². The second-order valence-corrected chi connectivity index (χ2v) is 6.58. The Morgan fingerprint density at radius 3 is 2.70 bits per heavy atom.